The summed E-state index contributed by atoms with van der Waals surface area (Å²) in [6.07, 6.45) is 6.82. The van der Waals surface area contributed by atoms with Gasteiger partial charge in [0.1, 0.15) is 11.6 Å². The summed E-state index contributed by atoms with van der Waals surface area (Å²) in [6, 6.07) is 0. The highest BCUT2D eigenvalue weighted by Gasteiger charge is 2.14. The van der Waals surface area contributed by atoms with Gasteiger partial charge >= 0.3 is 0 Å². The molecule has 0 radical (unpaired) electrons. The summed E-state index contributed by atoms with van der Waals surface area (Å²) in [7, 11) is 0. The molecule has 0 saturated carbocycles. The van der Waals surface area contributed by atoms with Crippen molar-refractivity contribution < 1.29 is 0 Å². The number of hydrogen-bond acceptors (Lipinski definition) is 3. The average Bonchev–Trinajstić information content (AvgIpc) is 2.69. The Balaban J connectivity index is 1.86. The Labute approximate surface area is 140 Å². The fourth-order valence-electron chi connectivity index (χ4n) is 2.82. The standard InChI is InChI=1S/C17H32N6/c1-5-18-16(20-17(2,3)4)19-12-9-11-15-22-21-14-10-7-6-8-13-23(14)15/h5-13H2,1-4H3,(H2,18,19,20). The van der Waals surface area contributed by atoms with Gasteiger partial charge in [-0.1, -0.05) is 6.42 Å². The van der Waals surface area contributed by atoms with Gasteiger partial charge in [-0.15, -0.1) is 10.2 Å². The van der Waals surface area contributed by atoms with Gasteiger partial charge in [-0.3, -0.25) is 4.99 Å². The molecule has 1 aliphatic heterocycles. The van der Waals surface area contributed by atoms with Gasteiger partial charge in [0.15, 0.2) is 5.96 Å². The molecule has 0 unspecified atom stereocenters. The normalized spacial score (nSPS) is 15.9. The Morgan fingerprint density at radius 3 is 2.78 bits per heavy atom. The highest BCUT2D eigenvalue weighted by molar-refractivity contribution is 5.80. The maximum Gasteiger partial charge on any atom is 0.191 e. The number of rotatable bonds is 5. The van der Waals surface area contributed by atoms with Crippen molar-refractivity contribution in [2.24, 2.45) is 4.99 Å². The minimum absolute atomic E-state index is 0.0192. The van der Waals surface area contributed by atoms with Crippen LogP contribution in [0.25, 0.3) is 0 Å². The Morgan fingerprint density at radius 2 is 2.04 bits per heavy atom. The summed E-state index contributed by atoms with van der Waals surface area (Å²) in [4.78, 5) is 4.67. The quantitative estimate of drug-likeness (QED) is 0.496. The summed E-state index contributed by atoms with van der Waals surface area (Å²) in [5.74, 6) is 3.19. The van der Waals surface area contributed by atoms with Crippen molar-refractivity contribution in [3.05, 3.63) is 11.6 Å². The fraction of sp³-hybridized carbons (Fsp3) is 0.824. The minimum Gasteiger partial charge on any atom is -0.357 e. The van der Waals surface area contributed by atoms with Gasteiger partial charge in [-0.2, -0.15) is 0 Å². The molecule has 0 aromatic carbocycles. The van der Waals surface area contributed by atoms with Crippen molar-refractivity contribution in [3.8, 4) is 0 Å². The molecule has 0 bridgehead atoms. The first-order valence-corrected chi connectivity index (χ1v) is 8.97. The lowest BCUT2D eigenvalue weighted by molar-refractivity contribution is 0.501. The third kappa shape index (κ3) is 5.84. The predicted molar refractivity (Wildman–Crippen MR) is 94.8 cm³/mol. The molecule has 6 heteroatoms. The lowest BCUT2D eigenvalue weighted by Gasteiger charge is -2.23. The number of aromatic nitrogens is 3. The molecule has 0 atom stereocenters. The second-order valence-electron chi connectivity index (χ2n) is 7.23. The first-order valence-electron chi connectivity index (χ1n) is 8.97. The predicted octanol–water partition coefficient (Wildman–Crippen LogP) is 2.29. The van der Waals surface area contributed by atoms with Crippen molar-refractivity contribution in [3.63, 3.8) is 0 Å². The zero-order valence-corrected chi connectivity index (χ0v) is 15.2. The van der Waals surface area contributed by atoms with Crippen LogP contribution in [0.3, 0.4) is 0 Å². The molecule has 0 aliphatic carbocycles. The first kappa shape index (κ1) is 17.8. The largest absolute Gasteiger partial charge is 0.357 e. The van der Waals surface area contributed by atoms with Gasteiger partial charge in [0.25, 0.3) is 0 Å². The molecule has 6 nitrogen and oxygen atoms in total. The summed E-state index contributed by atoms with van der Waals surface area (Å²) >= 11 is 0. The Hall–Kier alpha value is -1.59. The summed E-state index contributed by atoms with van der Waals surface area (Å²) in [6.45, 7) is 11.3. The van der Waals surface area contributed by atoms with Crippen LogP contribution in [0.2, 0.25) is 0 Å². The van der Waals surface area contributed by atoms with Gasteiger partial charge in [-0.05, 0) is 47.0 Å². The van der Waals surface area contributed by atoms with Crippen LogP contribution in [0.1, 0.15) is 65.0 Å². The maximum atomic E-state index is 4.67. The molecule has 0 saturated heterocycles. The number of hydrogen-bond donors (Lipinski definition) is 2. The van der Waals surface area contributed by atoms with E-state index in [2.05, 4.69) is 58.1 Å². The van der Waals surface area contributed by atoms with E-state index in [4.69, 9.17) is 0 Å². The van der Waals surface area contributed by atoms with Crippen LogP contribution in [0.4, 0.5) is 0 Å². The van der Waals surface area contributed by atoms with Crippen LogP contribution in [-0.2, 0) is 19.4 Å². The van der Waals surface area contributed by atoms with Crippen LogP contribution in [0.15, 0.2) is 4.99 Å². The van der Waals surface area contributed by atoms with E-state index < -0.39 is 0 Å². The molecule has 23 heavy (non-hydrogen) atoms. The van der Waals surface area contributed by atoms with Crippen LogP contribution in [0.5, 0.6) is 0 Å². The third-order valence-electron chi connectivity index (χ3n) is 3.85. The highest BCUT2D eigenvalue weighted by atomic mass is 15.3. The number of guanidine groups is 1. The number of aryl methyl sites for hydroxylation is 2. The van der Waals surface area contributed by atoms with E-state index in [9.17, 15) is 0 Å². The number of nitrogens with zero attached hydrogens (tertiary/aromatic N) is 4. The molecule has 2 N–H and O–H groups in total. The molecule has 2 rings (SSSR count). The van der Waals surface area contributed by atoms with Crippen molar-refractivity contribution in [1.29, 1.82) is 0 Å². The van der Waals surface area contributed by atoms with Crippen molar-refractivity contribution in [2.45, 2.75) is 78.3 Å². The van der Waals surface area contributed by atoms with E-state index in [1.54, 1.807) is 0 Å². The SMILES string of the molecule is CCNC(=NCCCc1nnc2n1CCCCC2)NC(C)(C)C. The van der Waals surface area contributed by atoms with Crippen LogP contribution >= 0.6 is 0 Å². The third-order valence-corrected chi connectivity index (χ3v) is 3.85. The molecule has 1 aromatic rings. The smallest absolute Gasteiger partial charge is 0.191 e. The van der Waals surface area contributed by atoms with Crippen LogP contribution < -0.4 is 10.6 Å². The minimum atomic E-state index is 0.0192. The topological polar surface area (TPSA) is 67.1 Å². The Morgan fingerprint density at radius 1 is 1.22 bits per heavy atom. The van der Waals surface area contributed by atoms with E-state index in [1.807, 2.05) is 0 Å². The molecule has 130 valence electrons. The zero-order valence-electron chi connectivity index (χ0n) is 15.2. The molecular weight excluding hydrogens is 288 g/mol. The Kier molecular flexibility index (Phi) is 6.42. The second-order valence-corrected chi connectivity index (χ2v) is 7.23. The van der Waals surface area contributed by atoms with Crippen molar-refractivity contribution >= 4 is 5.96 Å². The molecule has 1 aliphatic rings. The van der Waals surface area contributed by atoms with E-state index in [0.29, 0.717) is 0 Å². The zero-order chi connectivity index (χ0) is 16.7. The van der Waals surface area contributed by atoms with Gasteiger partial charge in [0.2, 0.25) is 0 Å². The first-order chi connectivity index (χ1) is 11.0. The van der Waals surface area contributed by atoms with E-state index >= 15 is 0 Å². The lowest BCUT2D eigenvalue weighted by Crippen LogP contribution is -2.47. The maximum absolute atomic E-state index is 4.67. The van der Waals surface area contributed by atoms with E-state index in [1.165, 1.54) is 25.1 Å². The molecule has 0 spiro atoms. The molecule has 0 amide bonds. The van der Waals surface area contributed by atoms with Crippen LogP contribution in [0, 0.1) is 0 Å². The van der Waals surface area contributed by atoms with E-state index in [0.717, 1.165) is 50.7 Å². The molecule has 2 heterocycles. The van der Waals surface area contributed by atoms with Gasteiger partial charge < -0.3 is 15.2 Å². The van der Waals surface area contributed by atoms with Crippen LogP contribution in [-0.4, -0.2) is 39.4 Å². The molecular formula is C17H32N6. The molecule has 1 aromatic heterocycles. The second kappa shape index (κ2) is 8.31. The van der Waals surface area contributed by atoms with Crippen molar-refractivity contribution in [1.82, 2.24) is 25.4 Å². The van der Waals surface area contributed by atoms with Gasteiger partial charge in [-0.25, -0.2) is 0 Å². The summed E-state index contributed by atoms with van der Waals surface area (Å²) < 4.78 is 2.33. The van der Waals surface area contributed by atoms with E-state index in [-0.39, 0.29) is 5.54 Å². The average molecular weight is 320 g/mol. The van der Waals surface area contributed by atoms with Crippen molar-refractivity contribution in [2.75, 3.05) is 13.1 Å². The number of aliphatic imine (C=N–C) groups is 1. The van der Waals surface area contributed by atoms with Gasteiger partial charge in [0, 0.05) is 38.0 Å². The number of fused-ring (bicyclic) bond motifs is 1. The summed E-state index contributed by atoms with van der Waals surface area (Å²) in [5, 5.41) is 15.5. The fourth-order valence-corrected chi connectivity index (χ4v) is 2.82. The number of nitrogens with one attached hydrogen (secondary N) is 2. The molecule has 0 fully saturated rings. The monoisotopic (exact) mass is 320 g/mol. The lowest BCUT2D eigenvalue weighted by atomic mass is 10.1. The van der Waals surface area contributed by atoms with Gasteiger partial charge in [0.05, 0.1) is 0 Å². The highest BCUT2D eigenvalue weighted by Crippen LogP contribution is 2.15. The Bertz CT molecular complexity index is 512. The summed E-state index contributed by atoms with van der Waals surface area (Å²) in [5.41, 5.74) is 0.0192.